The maximum absolute atomic E-state index is 11.4. The van der Waals surface area contributed by atoms with Gasteiger partial charge in [0.2, 0.25) is 0 Å². The van der Waals surface area contributed by atoms with Crippen molar-refractivity contribution in [1.82, 2.24) is 0 Å². The lowest BCUT2D eigenvalue weighted by molar-refractivity contribution is -0.124. The van der Waals surface area contributed by atoms with Crippen LogP contribution < -0.4 is 0 Å². The first-order valence-electron chi connectivity index (χ1n) is 5.72. The number of rotatable bonds is 9. The molecular weight excluding hydrogens is 176 g/mol. The Hall–Kier alpha value is -0.660. The van der Waals surface area contributed by atoms with Crippen LogP contribution in [0.4, 0.5) is 0 Å². The molecule has 0 amide bonds. The van der Waals surface area contributed by atoms with Crippen LogP contribution in [0.1, 0.15) is 58.8 Å². The second-order valence-corrected chi connectivity index (χ2v) is 3.77. The van der Waals surface area contributed by atoms with E-state index in [2.05, 4.69) is 6.92 Å². The van der Waals surface area contributed by atoms with Crippen LogP contribution in [0, 0.1) is 5.92 Å². The molecule has 0 spiro atoms. The lowest BCUT2D eigenvalue weighted by atomic mass is 9.92. The van der Waals surface area contributed by atoms with Crippen molar-refractivity contribution in [1.29, 1.82) is 0 Å². The molecule has 0 heterocycles. The van der Waals surface area contributed by atoms with E-state index in [1.807, 2.05) is 6.92 Å². The zero-order valence-electron chi connectivity index (χ0n) is 9.42. The minimum atomic E-state index is -0.00523. The highest BCUT2D eigenvalue weighted by atomic mass is 16.1. The Morgan fingerprint density at radius 2 is 1.93 bits per heavy atom. The predicted molar refractivity (Wildman–Crippen MR) is 58.2 cm³/mol. The Morgan fingerprint density at radius 3 is 2.43 bits per heavy atom. The molecule has 0 aliphatic carbocycles. The van der Waals surface area contributed by atoms with E-state index in [0.29, 0.717) is 12.8 Å². The van der Waals surface area contributed by atoms with Gasteiger partial charge in [0.1, 0.15) is 12.1 Å². The van der Waals surface area contributed by atoms with Gasteiger partial charge in [-0.15, -0.1) is 0 Å². The van der Waals surface area contributed by atoms with Crippen molar-refractivity contribution in [2.45, 2.75) is 58.8 Å². The number of Topliss-reactive ketones (excluding diaryl/α,β-unsaturated/α-hetero) is 1. The molecule has 1 atom stereocenters. The van der Waals surface area contributed by atoms with Crippen LogP contribution in [0.2, 0.25) is 0 Å². The molecule has 0 bridgehead atoms. The molecule has 0 aromatic heterocycles. The molecule has 0 saturated carbocycles. The summed E-state index contributed by atoms with van der Waals surface area (Å²) in [4.78, 5) is 21.8. The van der Waals surface area contributed by atoms with Gasteiger partial charge in [0, 0.05) is 18.8 Å². The third kappa shape index (κ3) is 5.90. The molecule has 2 heteroatoms. The highest BCUT2D eigenvalue weighted by Gasteiger charge is 2.15. The van der Waals surface area contributed by atoms with Crippen molar-refractivity contribution in [2.75, 3.05) is 0 Å². The lowest BCUT2D eigenvalue weighted by Gasteiger charge is -2.11. The van der Waals surface area contributed by atoms with E-state index in [4.69, 9.17) is 0 Å². The molecule has 0 aromatic rings. The maximum atomic E-state index is 11.4. The molecule has 82 valence electrons. The number of unbranched alkanes of at least 4 members (excludes halogenated alkanes) is 3. The smallest absolute Gasteiger partial charge is 0.136 e. The summed E-state index contributed by atoms with van der Waals surface area (Å²) >= 11 is 0. The van der Waals surface area contributed by atoms with Crippen LogP contribution in [0.5, 0.6) is 0 Å². The molecule has 0 radical (unpaired) electrons. The van der Waals surface area contributed by atoms with Crippen molar-refractivity contribution in [2.24, 2.45) is 5.92 Å². The third-order valence-electron chi connectivity index (χ3n) is 2.59. The summed E-state index contributed by atoms with van der Waals surface area (Å²) in [6.07, 6.45) is 7.45. The standard InChI is InChI=1S/C12H22O2/c1-3-5-6-7-8-11(9-10-13)12(14)4-2/h10-11H,3-9H2,1-2H3. The van der Waals surface area contributed by atoms with Crippen LogP contribution in [0.15, 0.2) is 0 Å². The summed E-state index contributed by atoms with van der Waals surface area (Å²) in [6, 6.07) is 0. The van der Waals surface area contributed by atoms with Gasteiger partial charge in [-0.3, -0.25) is 4.79 Å². The Labute approximate surface area is 87.1 Å². The molecule has 0 aromatic carbocycles. The summed E-state index contributed by atoms with van der Waals surface area (Å²) in [7, 11) is 0. The van der Waals surface area contributed by atoms with Crippen molar-refractivity contribution >= 4 is 12.1 Å². The van der Waals surface area contributed by atoms with E-state index in [9.17, 15) is 9.59 Å². The van der Waals surface area contributed by atoms with Gasteiger partial charge in [-0.2, -0.15) is 0 Å². The van der Waals surface area contributed by atoms with Gasteiger partial charge in [-0.05, 0) is 6.42 Å². The number of carbonyl (C=O) groups is 2. The topological polar surface area (TPSA) is 34.1 Å². The first-order chi connectivity index (χ1) is 6.76. The average Bonchev–Trinajstić information content (AvgIpc) is 2.21. The molecule has 2 nitrogen and oxygen atoms in total. The summed E-state index contributed by atoms with van der Waals surface area (Å²) < 4.78 is 0. The lowest BCUT2D eigenvalue weighted by Crippen LogP contribution is -2.13. The minimum Gasteiger partial charge on any atom is -0.303 e. The molecule has 0 aliphatic rings. The first kappa shape index (κ1) is 13.3. The van der Waals surface area contributed by atoms with Crippen LogP contribution in [0.3, 0.4) is 0 Å². The van der Waals surface area contributed by atoms with E-state index in [0.717, 1.165) is 19.1 Å². The van der Waals surface area contributed by atoms with E-state index < -0.39 is 0 Å². The molecular formula is C12H22O2. The zero-order valence-corrected chi connectivity index (χ0v) is 9.42. The summed E-state index contributed by atoms with van der Waals surface area (Å²) in [5, 5.41) is 0. The Morgan fingerprint density at radius 1 is 1.21 bits per heavy atom. The van der Waals surface area contributed by atoms with E-state index in [1.165, 1.54) is 19.3 Å². The van der Waals surface area contributed by atoms with Crippen LogP contribution in [-0.2, 0) is 9.59 Å². The fraction of sp³-hybridized carbons (Fsp3) is 0.833. The molecule has 14 heavy (non-hydrogen) atoms. The van der Waals surface area contributed by atoms with Gasteiger partial charge in [0.15, 0.2) is 0 Å². The largest absolute Gasteiger partial charge is 0.303 e. The van der Waals surface area contributed by atoms with E-state index >= 15 is 0 Å². The van der Waals surface area contributed by atoms with E-state index in [1.54, 1.807) is 0 Å². The monoisotopic (exact) mass is 198 g/mol. The number of aldehydes is 1. The third-order valence-corrected chi connectivity index (χ3v) is 2.59. The molecule has 0 aliphatic heterocycles. The Kier molecular flexibility index (Phi) is 8.50. The van der Waals surface area contributed by atoms with Crippen molar-refractivity contribution < 1.29 is 9.59 Å². The first-order valence-corrected chi connectivity index (χ1v) is 5.72. The average molecular weight is 198 g/mol. The highest BCUT2D eigenvalue weighted by Crippen LogP contribution is 2.15. The highest BCUT2D eigenvalue weighted by molar-refractivity contribution is 5.82. The molecule has 0 N–H and O–H groups in total. The van der Waals surface area contributed by atoms with Crippen LogP contribution in [-0.4, -0.2) is 12.1 Å². The van der Waals surface area contributed by atoms with Gasteiger partial charge < -0.3 is 4.79 Å². The van der Waals surface area contributed by atoms with Gasteiger partial charge in [0.05, 0.1) is 0 Å². The summed E-state index contributed by atoms with van der Waals surface area (Å²) in [5.41, 5.74) is 0. The van der Waals surface area contributed by atoms with Gasteiger partial charge in [-0.25, -0.2) is 0 Å². The Bertz CT molecular complexity index is 164. The zero-order chi connectivity index (χ0) is 10.8. The molecule has 0 rings (SSSR count). The second kappa shape index (κ2) is 8.92. The quantitative estimate of drug-likeness (QED) is 0.421. The number of hydrogen-bond acceptors (Lipinski definition) is 2. The minimum absolute atomic E-state index is 0.00523. The maximum Gasteiger partial charge on any atom is 0.136 e. The molecule has 1 unspecified atom stereocenters. The van der Waals surface area contributed by atoms with Crippen LogP contribution >= 0.6 is 0 Å². The van der Waals surface area contributed by atoms with Gasteiger partial charge >= 0.3 is 0 Å². The van der Waals surface area contributed by atoms with Crippen molar-refractivity contribution in [3.05, 3.63) is 0 Å². The van der Waals surface area contributed by atoms with Crippen LogP contribution in [0.25, 0.3) is 0 Å². The normalized spacial score (nSPS) is 12.4. The molecule has 0 fully saturated rings. The van der Waals surface area contributed by atoms with Crippen molar-refractivity contribution in [3.63, 3.8) is 0 Å². The number of carbonyl (C=O) groups excluding carboxylic acids is 2. The molecule has 0 saturated heterocycles. The van der Waals surface area contributed by atoms with Crippen molar-refractivity contribution in [3.8, 4) is 0 Å². The fourth-order valence-electron chi connectivity index (χ4n) is 1.63. The SMILES string of the molecule is CCCCCCC(CC=O)C(=O)CC. The van der Waals surface area contributed by atoms with Gasteiger partial charge in [-0.1, -0.05) is 39.5 Å². The predicted octanol–water partition coefficient (Wildman–Crippen LogP) is 3.14. The van der Waals surface area contributed by atoms with Gasteiger partial charge in [0.25, 0.3) is 0 Å². The fourth-order valence-corrected chi connectivity index (χ4v) is 1.63. The summed E-state index contributed by atoms with van der Waals surface area (Å²) in [5.74, 6) is 0.239. The number of ketones is 1. The van der Waals surface area contributed by atoms with E-state index in [-0.39, 0.29) is 11.7 Å². The second-order valence-electron chi connectivity index (χ2n) is 3.77. The Balaban J connectivity index is 3.72. The number of hydrogen-bond donors (Lipinski definition) is 0. The summed E-state index contributed by atoms with van der Waals surface area (Å²) in [6.45, 7) is 4.03.